The molecule has 20 heavy (non-hydrogen) atoms. The second-order valence-electron chi connectivity index (χ2n) is 4.05. The molecule has 0 saturated heterocycles. The number of nitrogens with one attached hydrogen (secondary N) is 1. The van der Waals surface area contributed by atoms with E-state index in [9.17, 15) is 4.39 Å². The van der Waals surface area contributed by atoms with Crippen molar-refractivity contribution in [1.29, 1.82) is 0 Å². The quantitative estimate of drug-likeness (QED) is 0.491. The van der Waals surface area contributed by atoms with E-state index in [0.717, 1.165) is 17.0 Å². The molecule has 0 unspecified atom stereocenters. The Bertz CT molecular complexity index is 594. The van der Waals surface area contributed by atoms with Crippen molar-refractivity contribution < 1.29 is 9.13 Å². The molecule has 0 aliphatic carbocycles. The molecule has 2 rings (SSSR count). The normalized spacial score (nSPS) is 10.4. The maximum atomic E-state index is 12.7. The molecule has 0 aromatic heterocycles. The van der Waals surface area contributed by atoms with Gasteiger partial charge < -0.3 is 4.74 Å². The average Bonchev–Trinajstić information content (AvgIpc) is 2.48. The van der Waals surface area contributed by atoms with Gasteiger partial charge in [0.2, 0.25) is 0 Å². The molecule has 0 radical (unpaired) electrons. The summed E-state index contributed by atoms with van der Waals surface area (Å²) in [5.41, 5.74) is 4.46. The van der Waals surface area contributed by atoms with E-state index in [4.69, 9.17) is 4.74 Å². The molecule has 0 heterocycles. The van der Waals surface area contributed by atoms with E-state index < -0.39 is 0 Å². The first-order valence-electron chi connectivity index (χ1n) is 6.16. The molecule has 0 amide bonds. The first kappa shape index (κ1) is 13.8. The highest BCUT2D eigenvalue weighted by molar-refractivity contribution is 5.80. The molecular formula is C16H15FN2O. The average molecular weight is 270 g/mol. The number of ether oxygens (including phenoxy) is 1. The second kappa shape index (κ2) is 7.09. The van der Waals surface area contributed by atoms with Crippen molar-refractivity contribution in [3.8, 4) is 5.75 Å². The molecular weight excluding hydrogens is 255 g/mol. The molecule has 2 aromatic carbocycles. The minimum atomic E-state index is -0.272. The summed E-state index contributed by atoms with van der Waals surface area (Å²) < 4.78 is 18.2. The molecule has 102 valence electrons. The highest BCUT2D eigenvalue weighted by atomic mass is 19.1. The van der Waals surface area contributed by atoms with Gasteiger partial charge in [0, 0.05) is 0 Å². The zero-order valence-electron chi connectivity index (χ0n) is 10.9. The van der Waals surface area contributed by atoms with E-state index in [1.165, 1.54) is 12.1 Å². The molecule has 4 heteroatoms. The zero-order valence-corrected chi connectivity index (χ0v) is 10.9. The lowest BCUT2D eigenvalue weighted by Crippen LogP contribution is -1.94. The minimum absolute atomic E-state index is 0.272. The molecule has 0 fully saturated rings. The van der Waals surface area contributed by atoms with Gasteiger partial charge in [-0.25, -0.2) is 4.39 Å². The Morgan fingerprint density at radius 3 is 2.75 bits per heavy atom. The van der Waals surface area contributed by atoms with Gasteiger partial charge in [-0.15, -0.1) is 0 Å². The highest BCUT2D eigenvalue weighted by Crippen LogP contribution is 2.12. The largest absolute Gasteiger partial charge is 0.490 e. The molecule has 2 aromatic rings. The number of benzene rings is 2. The summed E-state index contributed by atoms with van der Waals surface area (Å²) in [7, 11) is 0. The first-order valence-corrected chi connectivity index (χ1v) is 6.16. The number of halogens is 1. The molecule has 0 aliphatic rings. The summed E-state index contributed by atoms with van der Waals surface area (Å²) in [4.78, 5) is 0. The third-order valence-electron chi connectivity index (χ3n) is 2.48. The lowest BCUT2D eigenvalue weighted by Gasteiger charge is -2.03. The van der Waals surface area contributed by atoms with Gasteiger partial charge in [-0.1, -0.05) is 24.8 Å². The van der Waals surface area contributed by atoms with E-state index in [0.29, 0.717) is 6.61 Å². The lowest BCUT2D eigenvalue weighted by molar-refractivity contribution is 0.363. The summed E-state index contributed by atoms with van der Waals surface area (Å²) >= 11 is 0. The monoisotopic (exact) mass is 270 g/mol. The summed E-state index contributed by atoms with van der Waals surface area (Å²) in [5, 5.41) is 4.09. The van der Waals surface area contributed by atoms with Crippen LogP contribution in [0.5, 0.6) is 5.75 Å². The number of hydrogen-bond donors (Lipinski definition) is 1. The number of nitrogens with zero attached hydrogens (tertiary/aromatic N) is 1. The maximum Gasteiger partial charge on any atom is 0.123 e. The Kier molecular flexibility index (Phi) is 4.89. The van der Waals surface area contributed by atoms with E-state index in [1.807, 2.05) is 24.3 Å². The van der Waals surface area contributed by atoms with Gasteiger partial charge in [0.15, 0.2) is 0 Å². The van der Waals surface area contributed by atoms with Crippen LogP contribution < -0.4 is 10.2 Å². The molecule has 0 atom stereocenters. The second-order valence-corrected chi connectivity index (χ2v) is 4.05. The van der Waals surface area contributed by atoms with Gasteiger partial charge in [0.05, 0.1) is 11.9 Å². The van der Waals surface area contributed by atoms with Crippen molar-refractivity contribution in [2.75, 3.05) is 12.0 Å². The van der Waals surface area contributed by atoms with E-state index in [-0.39, 0.29) is 5.82 Å². The Labute approximate surface area is 117 Å². The van der Waals surface area contributed by atoms with E-state index in [2.05, 4.69) is 17.1 Å². The van der Waals surface area contributed by atoms with Crippen LogP contribution >= 0.6 is 0 Å². The van der Waals surface area contributed by atoms with Crippen molar-refractivity contribution in [3.63, 3.8) is 0 Å². The smallest absolute Gasteiger partial charge is 0.123 e. The molecule has 0 saturated carbocycles. The summed E-state index contributed by atoms with van der Waals surface area (Å²) in [6, 6.07) is 13.5. The van der Waals surface area contributed by atoms with Crippen molar-refractivity contribution >= 4 is 11.9 Å². The summed E-state index contributed by atoms with van der Waals surface area (Å²) in [6.07, 6.45) is 3.36. The van der Waals surface area contributed by atoms with Gasteiger partial charge in [-0.2, -0.15) is 5.10 Å². The van der Waals surface area contributed by atoms with Gasteiger partial charge in [0.25, 0.3) is 0 Å². The van der Waals surface area contributed by atoms with Crippen LogP contribution in [0.1, 0.15) is 5.56 Å². The molecule has 0 aliphatic heterocycles. The fourth-order valence-corrected chi connectivity index (χ4v) is 1.55. The molecule has 0 bridgehead atoms. The fourth-order valence-electron chi connectivity index (χ4n) is 1.55. The topological polar surface area (TPSA) is 33.6 Å². The lowest BCUT2D eigenvalue weighted by atomic mass is 10.2. The van der Waals surface area contributed by atoms with Crippen molar-refractivity contribution in [2.45, 2.75) is 0 Å². The van der Waals surface area contributed by atoms with E-state index >= 15 is 0 Å². The highest BCUT2D eigenvalue weighted by Gasteiger charge is 1.94. The molecule has 0 spiro atoms. The van der Waals surface area contributed by atoms with Crippen LogP contribution in [0.3, 0.4) is 0 Å². The molecule has 3 nitrogen and oxygen atoms in total. The van der Waals surface area contributed by atoms with Crippen molar-refractivity contribution in [3.05, 3.63) is 72.6 Å². The third-order valence-corrected chi connectivity index (χ3v) is 2.48. The van der Waals surface area contributed by atoms with Crippen LogP contribution in [0.25, 0.3) is 0 Å². The van der Waals surface area contributed by atoms with Crippen LogP contribution in [0.4, 0.5) is 10.1 Å². The zero-order chi connectivity index (χ0) is 14.2. The third kappa shape index (κ3) is 4.24. The van der Waals surface area contributed by atoms with E-state index in [1.54, 1.807) is 24.4 Å². The van der Waals surface area contributed by atoms with Crippen LogP contribution in [-0.4, -0.2) is 12.8 Å². The fraction of sp³-hybridized carbons (Fsp3) is 0.0625. The van der Waals surface area contributed by atoms with Gasteiger partial charge in [-0.05, 0) is 42.0 Å². The Hall–Kier alpha value is -2.62. The van der Waals surface area contributed by atoms with Crippen molar-refractivity contribution in [1.82, 2.24) is 0 Å². The predicted molar refractivity (Wildman–Crippen MR) is 79.8 cm³/mol. The summed E-state index contributed by atoms with van der Waals surface area (Å²) in [5.74, 6) is 0.488. The maximum absolute atomic E-state index is 12.7. The SMILES string of the molecule is C=CCOc1cccc(/C=N\Nc2ccc(F)cc2)c1. The van der Waals surface area contributed by atoms with Crippen LogP contribution in [0, 0.1) is 5.82 Å². The van der Waals surface area contributed by atoms with Crippen LogP contribution in [-0.2, 0) is 0 Å². The molecule has 1 N–H and O–H groups in total. The Balaban J connectivity index is 1.96. The van der Waals surface area contributed by atoms with Gasteiger partial charge in [-0.3, -0.25) is 5.43 Å². The van der Waals surface area contributed by atoms with Gasteiger partial charge in [0.1, 0.15) is 18.2 Å². The first-order chi connectivity index (χ1) is 9.78. The number of hydrogen-bond acceptors (Lipinski definition) is 3. The minimum Gasteiger partial charge on any atom is -0.490 e. The number of anilines is 1. The van der Waals surface area contributed by atoms with Gasteiger partial charge >= 0.3 is 0 Å². The summed E-state index contributed by atoms with van der Waals surface area (Å²) in [6.45, 7) is 4.07. The Morgan fingerprint density at radius 2 is 2.00 bits per heavy atom. The van der Waals surface area contributed by atoms with Crippen molar-refractivity contribution in [2.24, 2.45) is 5.10 Å². The van der Waals surface area contributed by atoms with Crippen LogP contribution in [0.2, 0.25) is 0 Å². The van der Waals surface area contributed by atoms with Crippen LogP contribution in [0.15, 0.2) is 66.3 Å². The number of rotatable bonds is 6. The predicted octanol–water partition coefficient (Wildman–Crippen LogP) is 3.84. The number of hydrazone groups is 1. The standard InChI is InChI=1S/C16H15FN2O/c1-2-10-20-16-5-3-4-13(11-16)12-18-19-15-8-6-14(17)7-9-15/h2-9,11-12,19H,1,10H2/b18-12-. The Morgan fingerprint density at radius 1 is 1.20 bits per heavy atom.